The van der Waals surface area contributed by atoms with Gasteiger partial charge in [0.15, 0.2) is 0 Å². The lowest BCUT2D eigenvalue weighted by Crippen LogP contribution is -2.28. The molecule has 1 N–H and O–H groups in total. The average molecular weight is 298 g/mol. The van der Waals surface area contributed by atoms with E-state index in [1.807, 2.05) is 13.0 Å². The molecule has 0 amide bonds. The standard InChI is InChI=1S/C16H17F3O2/c1-2-10-7-8-12(15(20)21)13(9-10)11-5-3-4-6-14(11)16(17,18)19/h2-6,12-13H,7-9H2,1H3,(H,20,21)/b10-2-/t12-,13+/m1/s1. The molecule has 0 bridgehead atoms. The van der Waals surface area contributed by atoms with E-state index in [9.17, 15) is 23.1 Å². The normalized spacial score (nSPS) is 25.0. The molecule has 0 unspecified atom stereocenters. The molecule has 2 nitrogen and oxygen atoms in total. The van der Waals surface area contributed by atoms with Crippen LogP contribution in [0, 0.1) is 5.92 Å². The van der Waals surface area contributed by atoms with Crippen molar-refractivity contribution in [2.75, 3.05) is 0 Å². The van der Waals surface area contributed by atoms with Crippen LogP contribution in [0.2, 0.25) is 0 Å². The van der Waals surface area contributed by atoms with E-state index in [4.69, 9.17) is 0 Å². The molecule has 1 aromatic carbocycles. The highest BCUT2D eigenvalue weighted by Gasteiger charge is 2.40. The van der Waals surface area contributed by atoms with Gasteiger partial charge >= 0.3 is 12.1 Å². The topological polar surface area (TPSA) is 37.3 Å². The second-order valence-electron chi connectivity index (χ2n) is 5.33. The summed E-state index contributed by atoms with van der Waals surface area (Å²) in [7, 11) is 0. The van der Waals surface area contributed by atoms with E-state index in [1.165, 1.54) is 18.2 Å². The molecule has 1 fully saturated rings. The molecular formula is C16H17F3O2. The fraction of sp³-hybridized carbons (Fsp3) is 0.438. The molecule has 0 aromatic heterocycles. The number of carboxylic acids is 1. The Hall–Kier alpha value is -1.78. The first kappa shape index (κ1) is 15.6. The molecule has 1 aliphatic rings. The highest BCUT2D eigenvalue weighted by molar-refractivity contribution is 5.72. The Kier molecular flexibility index (Phi) is 4.40. The van der Waals surface area contributed by atoms with Crippen molar-refractivity contribution >= 4 is 5.97 Å². The van der Waals surface area contributed by atoms with Crippen LogP contribution < -0.4 is 0 Å². The number of benzene rings is 1. The van der Waals surface area contributed by atoms with Crippen LogP contribution in [0.25, 0.3) is 0 Å². The summed E-state index contributed by atoms with van der Waals surface area (Å²) in [4.78, 5) is 11.4. The van der Waals surface area contributed by atoms with Crippen molar-refractivity contribution in [2.45, 2.75) is 38.3 Å². The Morgan fingerprint density at radius 2 is 2.00 bits per heavy atom. The van der Waals surface area contributed by atoms with Gasteiger partial charge in [-0.1, -0.05) is 29.8 Å². The Morgan fingerprint density at radius 3 is 2.57 bits per heavy atom. The number of aliphatic carboxylic acids is 1. The van der Waals surface area contributed by atoms with Crippen LogP contribution in [0.3, 0.4) is 0 Å². The van der Waals surface area contributed by atoms with Crippen LogP contribution in [0.5, 0.6) is 0 Å². The Balaban J connectivity index is 2.48. The fourth-order valence-corrected chi connectivity index (χ4v) is 3.03. The van der Waals surface area contributed by atoms with Crippen LogP contribution >= 0.6 is 0 Å². The van der Waals surface area contributed by atoms with Gasteiger partial charge in [-0.15, -0.1) is 0 Å². The summed E-state index contributed by atoms with van der Waals surface area (Å²) >= 11 is 0. The summed E-state index contributed by atoms with van der Waals surface area (Å²) in [6.07, 6.45) is -1.20. The first-order valence-corrected chi connectivity index (χ1v) is 6.87. The maximum absolute atomic E-state index is 13.1. The summed E-state index contributed by atoms with van der Waals surface area (Å²) in [6.45, 7) is 1.84. The molecule has 0 heterocycles. The van der Waals surface area contributed by atoms with Crippen molar-refractivity contribution < 1.29 is 23.1 Å². The van der Waals surface area contributed by atoms with Crippen molar-refractivity contribution in [1.82, 2.24) is 0 Å². The lowest BCUT2D eigenvalue weighted by atomic mass is 9.72. The van der Waals surface area contributed by atoms with Gasteiger partial charge in [-0.3, -0.25) is 4.79 Å². The van der Waals surface area contributed by atoms with E-state index in [0.29, 0.717) is 19.3 Å². The molecule has 114 valence electrons. The van der Waals surface area contributed by atoms with E-state index in [0.717, 1.165) is 11.6 Å². The number of carbonyl (C=O) groups is 1. The zero-order valence-corrected chi connectivity index (χ0v) is 11.7. The predicted molar refractivity (Wildman–Crippen MR) is 72.9 cm³/mol. The van der Waals surface area contributed by atoms with Crippen molar-refractivity contribution in [3.8, 4) is 0 Å². The summed E-state index contributed by atoms with van der Waals surface area (Å²) < 4.78 is 39.4. The monoisotopic (exact) mass is 298 g/mol. The van der Waals surface area contributed by atoms with E-state index < -0.39 is 29.5 Å². The third-order valence-corrected chi connectivity index (χ3v) is 4.14. The quantitative estimate of drug-likeness (QED) is 0.809. The summed E-state index contributed by atoms with van der Waals surface area (Å²) in [5.41, 5.74) is 0.393. The highest BCUT2D eigenvalue weighted by Crippen LogP contribution is 2.44. The summed E-state index contributed by atoms with van der Waals surface area (Å²) in [6, 6.07) is 5.30. The van der Waals surface area contributed by atoms with Gasteiger partial charge in [0, 0.05) is 5.92 Å². The number of hydrogen-bond donors (Lipinski definition) is 1. The van der Waals surface area contributed by atoms with Gasteiger partial charge < -0.3 is 5.11 Å². The third kappa shape index (κ3) is 3.28. The van der Waals surface area contributed by atoms with Crippen LogP contribution in [0.4, 0.5) is 13.2 Å². The number of hydrogen-bond acceptors (Lipinski definition) is 1. The average Bonchev–Trinajstić information content (AvgIpc) is 2.45. The van der Waals surface area contributed by atoms with Crippen molar-refractivity contribution in [3.05, 3.63) is 47.0 Å². The molecule has 2 rings (SSSR count). The lowest BCUT2D eigenvalue weighted by Gasteiger charge is -2.32. The molecule has 0 radical (unpaired) electrons. The molecule has 21 heavy (non-hydrogen) atoms. The maximum Gasteiger partial charge on any atom is 0.416 e. The molecule has 1 saturated carbocycles. The van der Waals surface area contributed by atoms with E-state index >= 15 is 0 Å². The van der Waals surface area contributed by atoms with Crippen LogP contribution in [0.1, 0.15) is 43.2 Å². The Bertz CT molecular complexity index is 561. The van der Waals surface area contributed by atoms with E-state index in [2.05, 4.69) is 0 Å². The van der Waals surface area contributed by atoms with Gasteiger partial charge in [-0.2, -0.15) is 13.2 Å². The zero-order chi connectivity index (χ0) is 15.6. The number of halogens is 3. The molecule has 0 spiro atoms. The van der Waals surface area contributed by atoms with Crippen LogP contribution in [-0.4, -0.2) is 11.1 Å². The molecule has 1 aromatic rings. The first-order chi connectivity index (χ1) is 9.84. The van der Waals surface area contributed by atoms with Gasteiger partial charge in [0.2, 0.25) is 0 Å². The molecule has 2 atom stereocenters. The molecular weight excluding hydrogens is 281 g/mol. The zero-order valence-electron chi connectivity index (χ0n) is 11.7. The fourth-order valence-electron chi connectivity index (χ4n) is 3.03. The highest BCUT2D eigenvalue weighted by atomic mass is 19.4. The SMILES string of the molecule is C/C=C1/CC[C@@H](C(=O)O)[C@H](c2ccccc2C(F)(F)F)C1. The lowest BCUT2D eigenvalue weighted by molar-refractivity contribution is -0.145. The van der Waals surface area contributed by atoms with Gasteiger partial charge in [0.1, 0.15) is 0 Å². The minimum Gasteiger partial charge on any atom is -0.481 e. The number of alkyl halides is 3. The van der Waals surface area contributed by atoms with Crippen molar-refractivity contribution in [3.63, 3.8) is 0 Å². The second-order valence-corrected chi connectivity index (χ2v) is 5.33. The second kappa shape index (κ2) is 5.92. The molecule has 5 heteroatoms. The molecule has 0 saturated heterocycles. The van der Waals surface area contributed by atoms with Crippen LogP contribution in [0.15, 0.2) is 35.9 Å². The predicted octanol–water partition coefficient (Wildman–Crippen LogP) is 4.62. The van der Waals surface area contributed by atoms with Gasteiger partial charge in [-0.25, -0.2) is 0 Å². The van der Waals surface area contributed by atoms with Gasteiger partial charge in [0.25, 0.3) is 0 Å². The van der Waals surface area contributed by atoms with Crippen molar-refractivity contribution in [2.24, 2.45) is 5.92 Å². The maximum atomic E-state index is 13.1. The first-order valence-electron chi connectivity index (χ1n) is 6.87. The van der Waals surface area contributed by atoms with E-state index in [1.54, 1.807) is 0 Å². The van der Waals surface area contributed by atoms with E-state index in [-0.39, 0.29) is 5.56 Å². The molecule has 0 aliphatic heterocycles. The number of allylic oxidation sites excluding steroid dienone is 2. The van der Waals surface area contributed by atoms with Crippen molar-refractivity contribution in [1.29, 1.82) is 0 Å². The largest absolute Gasteiger partial charge is 0.481 e. The third-order valence-electron chi connectivity index (χ3n) is 4.14. The number of carboxylic acid groups (broad SMARTS) is 1. The number of rotatable bonds is 2. The summed E-state index contributed by atoms with van der Waals surface area (Å²) in [5.74, 6) is -2.41. The van der Waals surface area contributed by atoms with Gasteiger partial charge in [0.05, 0.1) is 11.5 Å². The summed E-state index contributed by atoms with van der Waals surface area (Å²) in [5, 5.41) is 9.32. The Morgan fingerprint density at radius 1 is 1.33 bits per heavy atom. The van der Waals surface area contributed by atoms with Gasteiger partial charge in [-0.05, 0) is 37.8 Å². The minimum absolute atomic E-state index is 0.0939. The Labute approximate surface area is 121 Å². The molecule has 1 aliphatic carbocycles. The minimum atomic E-state index is -4.47. The smallest absolute Gasteiger partial charge is 0.416 e. The van der Waals surface area contributed by atoms with Crippen LogP contribution in [-0.2, 0) is 11.0 Å².